The predicted octanol–water partition coefficient (Wildman–Crippen LogP) is 0.833. The van der Waals surface area contributed by atoms with Crippen LogP contribution in [0.25, 0.3) is 0 Å². The molecule has 14 heavy (non-hydrogen) atoms. The molecule has 0 aromatic carbocycles. The van der Waals surface area contributed by atoms with Gasteiger partial charge in [0.05, 0.1) is 5.75 Å². The van der Waals surface area contributed by atoms with Crippen LogP contribution in [0.5, 0.6) is 0 Å². The Morgan fingerprint density at radius 1 is 1.29 bits per heavy atom. The SMILES string of the molecule is CCCCCC(CCS(C)(=O)=O)NN. The highest BCUT2D eigenvalue weighted by molar-refractivity contribution is 7.90. The minimum absolute atomic E-state index is 0.135. The van der Waals surface area contributed by atoms with E-state index >= 15 is 0 Å². The zero-order chi connectivity index (χ0) is 11.0. The van der Waals surface area contributed by atoms with Crippen molar-refractivity contribution in [3.8, 4) is 0 Å². The summed E-state index contributed by atoms with van der Waals surface area (Å²) in [6, 6.07) is 0.135. The molecule has 0 saturated carbocycles. The highest BCUT2D eigenvalue weighted by Crippen LogP contribution is 2.06. The zero-order valence-corrected chi connectivity index (χ0v) is 9.94. The molecule has 86 valence electrons. The van der Waals surface area contributed by atoms with Crippen LogP contribution in [0.2, 0.25) is 0 Å². The molecule has 1 unspecified atom stereocenters. The van der Waals surface area contributed by atoms with E-state index in [1.165, 1.54) is 19.1 Å². The van der Waals surface area contributed by atoms with Gasteiger partial charge < -0.3 is 0 Å². The van der Waals surface area contributed by atoms with Crippen molar-refractivity contribution < 1.29 is 8.42 Å². The van der Waals surface area contributed by atoms with Gasteiger partial charge in [0, 0.05) is 12.3 Å². The maximum absolute atomic E-state index is 10.9. The molecule has 0 spiro atoms. The van der Waals surface area contributed by atoms with E-state index < -0.39 is 9.84 Å². The third kappa shape index (κ3) is 8.47. The van der Waals surface area contributed by atoms with Crippen LogP contribution in [0.1, 0.15) is 39.0 Å². The third-order valence-electron chi connectivity index (χ3n) is 2.23. The molecular formula is C9H22N2O2S. The fourth-order valence-electron chi connectivity index (χ4n) is 1.31. The summed E-state index contributed by atoms with van der Waals surface area (Å²) >= 11 is 0. The molecule has 1 atom stereocenters. The number of sulfone groups is 1. The van der Waals surface area contributed by atoms with Gasteiger partial charge in [0.15, 0.2) is 0 Å². The molecule has 0 fully saturated rings. The second kappa shape index (κ2) is 7.20. The normalized spacial score (nSPS) is 14.2. The second-order valence-corrected chi connectivity index (χ2v) is 6.04. The van der Waals surface area contributed by atoms with Gasteiger partial charge in [-0.2, -0.15) is 0 Å². The Labute approximate surface area is 87.1 Å². The van der Waals surface area contributed by atoms with Crippen molar-refractivity contribution >= 4 is 9.84 Å². The Bertz CT molecular complexity index is 227. The van der Waals surface area contributed by atoms with E-state index in [4.69, 9.17) is 5.84 Å². The van der Waals surface area contributed by atoms with Crippen molar-refractivity contribution in [2.75, 3.05) is 12.0 Å². The van der Waals surface area contributed by atoms with Crippen LogP contribution in [0.3, 0.4) is 0 Å². The summed E-state index contributed by atoms with van der Waals surface area (Å²) in [6.45, 7) is 2.14. The van der Waals surface area contributed by atoms with Crippen molar-refractivity contribution in [2.45, 2.75) is 45.1 Å². The molecule has 0 heterocycles. The van der Waals surface area contributed by atoms with Crippen LogP contribution in [-0.4, -0.2) is 26.5 Å². The van der Waals surface area contributed by atoms with E-state index in [1.54, 1.807) is 0 Å². The lowest BCUT2D eigenvalue weighted by molar-refractivity contribution is 0.457. The summed E-state index contributed by atoms with van der Waals surface area (Å²) in [5.74, 6) is 5.56. The topological polar surface area (TPSA) is 72.2 Å². The lowest BCUT2D eigenvalue weighted by atomic mass is 10.1. The van der Waals surface area contributed by atoms with Crippen molar-refractivity contribution in [1.29, 1.82) is 0 Å². The van der Waals surface area contributed by atoms with Gasteiger partial charge >= 0.3 is 0 Å². The van der Waals surface area contributed by atoms with Crippen molar-refractivity contribution in [3.05, 3.63) is 0 Å². The molecule has 4 nitrogen and oxygen atoms in total. The van der Waals surface area contributed by atoms with E-state index in [2.05, 4.69) is 12.3 Å². The van der Waals surface area contributed by atoms with Crippen LogP contribution in [0.15, 0.2) is 0 Å². The first-order valence-corrected chi connectivity index (χ1v) is 7.19. The minimum Gasteiger partial charge on any atom is -0.271 e. The number of hydrogen-bond donors (Lipinski definition) is 2. The van der Waals surface area contributed by atoms with Gasteiger partial charge in [-0.25, -0.2) is 8.42 Å². The lowest BCUT2D eigenvalue weighted by Crippen LogP contribution is -2.36. The highest BCUT2D eigenvalue weighted by atomic mass is 32.2. The number of rotatable bonds is 8. The molecule has 0 aliphatic carbocycles. The van der Waals surface area contributed by atoms with Crippen LogP contribution >= 0.6 is 0 Å². The van der Waals surface area contributed by atoms with E-state index in [9.17, 15) is 8.42 Å². The molecule has 0 radical (unpaired) electrons. The quantitative estimate of drug-likeness (QED) is 0.362. The fraction of sp³-hybridized carbons (Fsp3) is 1.00. The summed E-state index contributed by atoms with van der Waals surface area (Å²) < 4.78 is 21.8. The first-order chi connectivity index (χ1) is 6.49. The standard InChI is InChI=1S/C9H22N2O2S/c1-3-4-5-6-9(11-10)7-8-14(2,12)13/h9,11H,3-8,10H2,1-2H3. The Balaban J connectivity index is 3.69. The smallest absolute Gasteiger partial charge is 0.147 e. The third-order valence-corrected chi connectivity index (χ3v) is 3.21. The molecule has 5 heteroatoms. The average Bonchev–Trinajstić information content (AvgIpc) is 2.09. The van der Waals surface area contributed by atoms with Gasteiger partial charge in [0.25, 0.3) is 0 Å². The molecule has 0 aromatic rings. The number of unbranched alkanes of at least 4 members (excludes halogenated alkanes) is 2. The minimum atomic E-state index is -2.86. The molecule has 0 saturated heterocycles. The molecule has 0 bridgehead atoms. The van der Waals surface area contributed by atoms with Crippen LogP contribution in [0.4, 0.5) is 0 Å². The van der Waals surface area contributed by atoms with E-state index in [0.29, 0.717) is 6.42 Å². The Kier molecular flexibility index (Phi) is 7.13. The van der Waals surface area contributed by atoms with E-state index in [1.807, 2.05) is 0 Å². The van der Waals surface area contributed by atoms with Gasteiger partial charge in [0.2, 0.25) is 0 Å². The summed E-state index contributed by atoms with van der Waals surface area (Å²) in [4.78, 5) is 0. The lowest BCUT2D eigenvalue weighted by Gasteiger charge is -2.14. The Hall–Kier alpha value is -0.130. The monoisotopic (exact) mass is 222 g/mol. The van der Waals surface area contributed by atoms with Gasteiger partial charge in [-0.05, 0) is 12.8 Å². The van der Waals surface area contributed by atoms with Crippen LogP contribution in [0, 0.1) is 0 Å². The maximum atomic E-state index is 10.9. The fourth-order valence-corrected chi connectivity index (χ4v) is 2.02. The van der Waals surface area contributed by atoms with Gasteiger partial charge in [-0.1, -0.05) is 26.2 Å². The number of nitrogens with one attached hydrogen (secondary N) is 1. The maximum Gasteiger partial charge on any atom is 0.147 e. The molecular weight excluding hydrogens is 200 g/mol. The molecule has 0 amide bonds. The molecule has 0 aliphatic heterocycles. The van der Waals surface area contributed by atoms with Gasteiger partial charge in [-0.15, -0.1) is 0 Å². The summed E-state index contributed by atoms with van der Waals surface area (Å²) in [5, 5.41) is 0. The molecule has 0 aliphatic rings. The van der Waals surface area contributed by atoms with Crippen molar-refractivity contribution in [1.82, 2.24) is 5.43 Å². The first kappa shape index (κ1) is 13.9. The van der Waals surface area contributed by atoms with Gasteiger partial charge in [-0.3, -0.25) is 11.3 Å². The molecule has 3 N–H and O–H groups in total. The second-order valence-electron chi connectivity index (χ2n) is 3.78. The first-order valence-electron chi connectivity index (χ1n) is 5.13. The van der Waals surface area contributed by atoms with Crippen molar-refractivity contribution in [2.24, 2.45) is 5.84 Å². The summed E-state index contributed by atoms with van der Waals surface area (Å²) in [7, 11) is -2.86. The predicted molar refractivity (Wildman–Crippen MR) is 59.6 cm³/mol. The summed E-state index contributed by atoms with van der Waals surface area (Å²) in [6.07, 6.45) is 6.28. The largest absolute Gasteiger partial charge is 0.271 e. The number of nitrogens with two attached hydrogens (primary N) is 1. The van der Waals surface area contributed by atoms with Crippen molar-refractivity contribution in [3.63, 3.8) is 0 Å². The number of hydrogen-bond acceptors (Lipinski definition) is 4. The van der Waals surface area contributed by atoms with Gasteiger partial charge in [0.1, 0.15) is 9.84 Å². The van der Waals surface area contributed by atoms with Crippen LogP contribution in [-0.2, 0) is 9.84 Å². The van der Waals surface area contributed by atoms with E-state index in [0.717, 1.165) is 12.8 Å². The Morgan fingerprint density at radius 3 is 2.36 bits per heavy atom. The van der Waals surface area contributed by atoms with Crippen LogP contribution < -0.4 is 11.3 Å². The molecule has 0 aromatic heterocycles. The highest BCUT2D eigenvalue weighted by Gasteiger charge is 2.10. The van der Waals surface area contributed by atoms with E-state index in [-0.39, 0.29) is 11.8 Å². The Morgan fingerprint density at radius 2 is 1.93 bits per heavy atom. The molecule has 0 rings (SSSR count). The number of hydrazine groups is 1. The average molecular weight is 222 g/mol. The summed E-state index contributed by atoms with van der Waals surface area (Å²) in [5.41, 5.74) is 2.67. The zero-order valence-electron chi connectivity index (χ0n) is 9.12.